The average molecular weight is 323 g/mol. The van der Waals surface area contributed by atoms with Crippen molar-refractivity contribution in [1.82, 2.24) is 9.88 Å². The second kappa shape index (κ2) is 4.71. The van der Waals surface area contributed by atoms with E-state index >= 15 is 0 Å². The normalized spacial score (nSPS) is 31.6. The summed E-state index contributed by atoms with van der Waals surface area (Å²) >= 11 is 3.19. The standard InChI is InChI=1S/C14H17N3O2S2/c1-14-5-4-11(18)17(14)10(7-21-14)12(19)16-13-15-9(6-20-13)8-2-3-8/h6,8,10H,2-5,7H2,1H3,(H,15,16,19). The Labute approximate surface area is 131 Å². The van der Waals surface area contributed by atoms with Gasteiger partial charge < -0.3 is 10.2 Å². The van der Waals surface area contributed by atoms with Crippen molar-refractivity contribution in [3.05, 3.63) is 11.1 Å². The topological polar surface area (TPSA) is 62.3 Å². The van der Waals surface area contributed by atoms with Crippen LogP contribution >= 0.6 is 23.1 Å². The molecule has 112 valence electrons. The predicted octanol–water partition coefficient (Wildman–Crippen LogP) is 2.41. The molecule has 0 spiro atoms. The van der Waals surface area contributed by atoms with Crippen molar-refractivity contribution in [3.8, 4) is 0 Å². The smallest absolute Gasteiger partial charge is 0.249 e. The van der Waals surface area contributed by atoms with Crippen LogP contribution in [0.15, 0.2) is 5.38 Å². The van der Waals surface area contributed by atoms with Crippen LogP contribution in [0.1, 0.15) is 44.2 Å². The summed E-state index contributed by atoms with van der Waals surface area (Å²) in [6.07, 6.45) is 3.80. The molecule has 0 bridgehead atoms. The third-order valence-corrected chi connectivity index (χ3v) is 6.78. The Morgan fingerprint density at radius 3 is 3.10 bits per heavy atom. The third kappa shape index (κ3) is 2.26. The Balaban J connectivity index is 1.48. The number of carbonyl (C=O) groups excluding carboxylic acids is 2. The monoisotopic (exact) mass is 323 g/mol. The highest BCUT2D eigenvalue weighted by Gasteiger charge is 2.52. The second-order valence-electron chi connectivity index (χ2n) is 6.11. The molecule has 2 saturated heterocycles. The quantitative estimate of drug-likeness (QED) is 0.928. The summed E-state index contributed by atoms with van der Waals surface area (Å²) in [5.74, 6) is 1.27. The maximum atomic E-state index is 12.5. The van der Waals surface area contributed by atoms with Gasteiger partial charge in [-0.05, 0) is 26.2 Å². The fourth-order valence-electron chi connectivity index (χ4n) is 3.11. The molecule has 2 unspecified atom stereocenters. The van der Waals surface area contributed by atoms with E-state index in [1.807, 2.05) is 5.38 Å². The molecule has 2 aliphatic heterocycles. The number of anilines is 1. The van der Waals surface area contributed by atoms with E-state index in [0.717, 1.165) is 12.1 Å². The van der Waals surface area contributed by atoms with Crippen LogP contribution in [-0.4, -0.2) is 38.4 Å². The van der Waals surface area contributed by atoms with Crippen molar-refractivity contribution in [2.24, 2.45) is 0 Å². The van der Waals surface area contributed by atoms with E-state index in [2.05, 4.69) is 17.2 Å². The fourth-order valence-corrected chi connectivity index (χ4v) is 5.34. The van der Waals surface area contributed by atoms with Crippen LogP contribution in [0.2, 0.25) is 0 Å². The molecule has 1 aromatic heterocycles. The first-order valence-electron chi connectivity index (χ1n) is 7.29. The van der Waals surface area contributed by atoms with Gasteiger partial charge in [0, 0.05) is 23.5 Å². The minimum absolute atomic E-state index is 0.0976. The molecule has 1 saturated carbocycles. The van der Waals surface area contributed by atoms with Crippen LogP contribution in [0.25, 0.3) is 0 Å². The number of hydrogen-bond donors (Lipinski definition) is 1. The molecular weight excluding hydrogens is 306 g/mol. The SMILES string of the molecule is CC12CCC(=O)N1C(C(=O)Nc1nc(C3CC3)cs1)CS2. The Kier molecular flexibility index (Phi) is 3.04. The molecule has 7 heteroatoms. The summed E-state index contributed by atoms with van der Waals surface area (Å²) < 4.78 is 0. The van der Waals surface area contributed by atoms with Gasteiger partial charge in [0.15, 0.2) is 5.13 Å². The van der Waals surface area contributed by atoms with E-state index in [1.165, 1.54) is 24.2 Å². The molecule has 21 heavy (non-hydrogen) atoms. The van der Waals surface area contributed by atoms with Crippen LogP contribution < -0.4 is 5.32 Å². The minimum Gasteiger partial charge on any atom is -0.315 e. The lowest BCUT2D eigenvalue weighted by Gasteiger charge is -2.29. The van der Waals surface area contributed by atoms with Gasteiger partial charge in [0.1, 0.15) is 6.04 Å². The summed E-state index contributed by atoms with van der Waals surface area (Å²) in [6.45, 7) is 2.06. The number of amides is 2. The first-order valence-corrected chi connectivity index (χ1v) is 9.16. The zero-order valence-corrected chi connectivity index (χ0v) is 13.4. The van der Waals surface area contributed by atoms with Crippen LogP contribution in [-0.2, 0) is 9.59 Å². The Morgan fingerprint density at radius 2 is 2.33 bits per heavy atom. The van der Waals surface area contributed by atoms with Crippen LogP contribution in [0, 0.1) is 0 Å². The molecule has 3 fully saturated rings. The summed E-state index contributed by atoms with van der Waals surface area (Å²) in [4.78, 5) is 30.6. The number of thiazole rings is 1. The molecule has 3 heterocycles. The van der Waals surface area contributed by atoms with Gasteiger partial charge in [-0.1, -0.05) is 0 Å². The number of nitrogens with zero attached hydrogens (tertiary/aromatic N) is 2. The highest BCUT2D eigenvalue weighted by atomic mass is 32.2. The molecule has 0 radical (unpaired) electrons. The Hall–Kier alpha value is -1.08. The van der Waals surface area contributed by atoms with E-state index in [0.29, 0.717) is 23.2 Å². The molecule has 1 aromatic rings. The first-order chi connectivity index (χ1) is 10.1. The van der Waals surface area contributed by atoms with Crippen LogP contribution in [0.4, 0.5) is 5.13 Å². The van der Waals surface area contributed by atoms with Crippen molar-refractivity contribution in [1.29, 1.82) is 0 Å². The van der Waals surface area contributed by atoms with Gasteiger partial charge in [-0.2, -0.15) is 0 Å². The Bertz CT molecular complexity index is 613. The second-order valence-corrected chi connectivity index (χ2v) is 8.47. The third-order valence-electron chi connectivity index (χ3n) is 4.50. The van der Waals surface area contributed by atoms with Gasteiger partial charge in [0.2, 0.25) is 11.8 Å². The van der Waals surface area contributed by atoms with Gasteiger partial charge in [-0.15, -0.1) is 23.1 Å². The molecule has 5 nitrogen and oxygen atoms in total. The molecule has 4 rings (SSSR count). The molecular formula is C14H17N3O2S2. The lowest BCUT2D eigenvalue weighted by Crippen LogP contribution is -2.48. The minimum atomic E-state index is -0.358. The fraction of sp³-hybridized carbons (Fsp3) is 0.643. The number of aromatic nitrogens is 1. The first kappa shape index (κ1) is 13.6. The maximum absolute atomic E-state index is 12.5. The van der Waals surface area contributed by atoms with E-state index < -0.39 is 0 Å². The molecule has 2 amide bonds. The predicted molar refractivity (Wildman–Crippen MR) is 83.4 cm³/mol. The number of hydrogen-bond acceptors (Lipinski definition) is 5. The van der Waals surface area contributed by atoms with Crippen LogP contribution in [0.3, 0.4) is 0 Å². The van der Waals surface area contributed by atoms with E-state index in [-0.39, 0.29) is 22.7 Å². The molecule has 0 aromatic carbocycles. The van der Waals surface area contributed by atoms with Crippen molar-refractivity contribution >= 4 is 40.0 Å². The van der Waals surface area contributed by atoms with E-state index in [9.17, 15) is 9.59 Å². The van der Waals surface area contributed by atoms with E-state index in [4.69, 9.17) is 0 Å². The molecule has 1 N–H and O–H groups in total. The summed E-state index contributed by atoms with van der Waals surface area (Å²) in [5.41, 5.74) is 1.10. The zero-order valence-electron chi connectivity index (χ0n) is 11.8. The Morgan fingerprint density at radius 1 is 1.52 bits per heavy atom. The molecule has 1 aliphatic carbocycles. The number of carbonyl (C=O) groups is 2. The van der Waals surface area contributed by atoms with Crippen molar-refractivity contribution in [3.63, 3.8) is 0 Å². The van der Waals surface area contributed by atoms with Gasteiger partial charge in [-0.3, -0.25) is 9.59 Å². The van der Waals surface area contributed by atoms with Crippen molar-refractivity contribution < 1.29 is 9.59 Å². The number of rotatable bonds is 3. The van der Waals surface area contributed by atoms with E-state index in [1.54, 1.807) is 16.7 Å². The average Bonchev–Trinajstić information content (AvgIpc) is 2.99. The van der Waals surface area contributed by atoms with Gasteiger partial charge in [0.25, 0.3) is 0 Å². The summed E-state index contributed by atoms with van der Waals surface area (Å²) in [5, 5.41) is 5.59. The summed E-state index contributed by atoms with van der Waals surface area (Å²) in [7, 11) is 0. The lowest BCUT2D eigenvalue weighted by atomic mass is 10.2. The largest absolute Gasteiger partial charge is 0.315 e. The molecule has 3 aliphatic rings. The van der Waals surface area contributed by atoms with Crippen molar-refractivity contribution in [2.45, 2.75) is 49.4 Å². The zero-order chi connectivity index (χ0) is 14.6. The number of fused-ring (bicyclic) bond motifs is 1. The van der Waals surface area contributed by atoms with Crippen molar-refractivity contribution in [2.75, 3.05) is 11.1 Å². The highest BCUT2D eigenvalue weighted by Crippen LogP contribution is 2.47. The maximum Gasteiger partial charge on any atom is 0.249 e. The van der Waals surface area contributed by atoms with Gasteiger partial charge in [0.05, 0.1) is 10.6 Å². The summed E-state index contributed by atoms with van der Waals surface area (Å²) in [6, 6.07) is -0.358. The highest BCUT2D eigenvalue weighted by molar-refractivity contribution is 8.01. The lowest BCUT2D eigenvalue weighted by molar-refractivity contribution is -0.135. The number of nitrogens with one attached hydrogen (secondary N) is 1. The van der Waals surface area contributed by atoms with Crippen LogP contribution in [0.5, 0.6) is 0 Å². The van der Waals surface area contributed by atoms with Gasteiger partial charge >= 0.3 is 0 Å². The van der Waals surface area contributed by atoms with Gasteiger partial charge in [-0.25, -0.2) is 4.98 Å². The molecule has 2 atom stereocenters. The number of thioether (sulfide) groups is 1.